The van der Waals surface area contributed by atoms with Gasteiger partial charge in [0.05, 0.1) is 6.61 Å². The third-order valence-electron chi connectivity index (χ3n) is 3.86. The van der Waals surface area contributed by atoms with Crippen molar-refractivity contribution in [2.45, 2.75) is 19.8 Å². The zero-order valence-electron chi connectivity index (χ0n) is 14.9. The van der Waals surface area contributed by atoms with Crippen molar-refractivity contribution in [3.8, 4) is 17.2 Å². The highest BCUT2D eigenvalue weighted by atomic mass is 19.1. The molecule has 0 radical (unpaired) electrons. The number of aromatic nitrogens is 2. The lowest BCUT2D eigenvalue weighted by Crippen LogP contribution is -2.24. The van der Waals surface area contributed by atoms with Crippen LogP contribution >= 0.6 is 0 Å². The molecule has 6 nitrogen and oxygen atoms in total. The first-order valence-corrected chi connectivity index (χ1v) is 8.69. The summed E-state index contributed by atoms with van der Waals surface area (Å²) >= 11 is 0. The van der Waals surface area contributed by atoms with Gasteiger partial charge in [0, 0.05) is 17.7 Å². The summed E-state index contributed by atoms with van der Waals surface area (Å²) in [6.07, 6.45) is 1.57. The van der Waals surface area contributed by atoms with Crippen molar-refractivity contribution in [1.82, 2.24) is 15.5 Å². The summed E-state index contributed by atoms with van der Waals surface area (Å²) in [6, 6.07) is 12.9. The molecule has 27 heavy (non-hydrogen) atoms. The number of ether oxygens (including phenoxy) is 1. The molecule has 0 atom stereocenters. The summed E-state index contributed by atoms with van der Waals surface area (Å²) in [4.78, 5) is 16.3. The number of unbranched alkanes of at least 4 members (excludes halogenated alkanes) is 1. The Kier molecular flexibility index (Phi) is 6.14. The number of hydrogen-bond donors (Lipinski definition) is 1. The molecule has 7 heteroatoms. The second-order valence-electron chi connectivity index (χ2n) is 5.99. The summed E-state index contributed by atoms with van der Waals surface area (Å²) < 4.78 is 23.4. The number of halogens is 1. The summed E-state index contributed by atoms with van der Waals surface area (Å²) in [6.45, 7) is 2.82. The molecule has 0 unspecified atom stereocenters. The molecule has 0 fully saturated rings. The van der Waals surface area contributed by atoms with Crippen LogP contribution in [0.3, 0.4) is 0 Å². The number of carbonyl (C=O) groups excluding carboxylic acids is 1. The number of aryl methyl sites for hydroxylation is 1. The number of amides is 1. The molecule has 0 bridgehead atoms. The molecular weight excluding hydrogens is 349 g/mol. The molecule has 3 aromatic rings. The van der Waals surface area contributed by atoms with Crippen LogP contribution in [-0.4, -0.2) is 29.2 Å². The van der Waals surface area contributed by atoms with Gasteiger partial charge in [0.2, 0.25) is 0 Å². The van der Waals surface area contributed by atoms with Gasteiger partial charge in [0.1, 0.15) is 11.6 Å². The third-order valence-corrected chi connectivity index (χ3v) is 3.86. The molecule has 1 aromatic heterocycles. The van der Waals surface area contributed by atoms with Crippen LogP contribution in [0.15, 0.2) is 53.1 Å². The molecule has 0 aliphatic rings. The Morgan fingerprint density at radius 1 is 1.11 bits per heavy atom. The van der Waals surface area contributed by atoms with Crippen LogP contribution in [0.5, 0.6) is 5.75 Å². The molecule has 0 saturated heterocycles. The smallest absolute Gasteiger partial charge is 0.257 e. The van der Waals surface area contributed by atoms with Crippen LogP contribution in [0.25, 0.3) is 11.5 Å². The number of carbonyl (C=O) groups is 1. The first kappa shape index (κ1) is 18.6. The molecular formula is C20H20FN3O3. The molecule has 0 spiro atoms. The average molecular weight is 369 g/mol. The van der Waals surface area contributed by atoms with Gasteiger partial charge in [-0.3, -0.25) is 4.79 Å². The largest absolute Gasteiger partial charge is 0.494 e. The first-order chi connectivity index (χ1) is 13.1. The Balaban J connectivity index is 1.37. The van der Waals surface area contributed by atoms with Crippen LogP contribution < -0.4 is 10.1 Å². The van der Waals surface area contributed by atoms with Gasteiger partial charge in [-0.2, -0.15) is 4.98 Å². The molecule has 1 N–H and O–H groups in total. The maximum absolute atomic E-state index is 12.8. The maximum atomic E-state index is 12.8. The van der Waals surface area contributed by atoms with Crippen molar-refractivity contribution in [2.24, 2.45) is 0 Å². The summed E-state index contributed by atoms with van der Waals surface area (Å²) in [5.41, 5.74) is 1.34. The van der Waals surface area contributed by atoms with E-state index in [4.69, 9.17) is 9.26 Å². The Morgan fingerprint density at radius 2 is 1.85 bits per heavy atom. The van der Waals surface area contributed by atoms with Crippen LogP contribution in [0.4, 0.5) is 4.39 Å². The number of benzene rings is 2. The second-order valence-corrected chi connectivity index (χ2v) is 5.99. The quantitative estimate of drug-likeness (QED) is 0.612. The maximum Gasteiger partial charge on any atom is 0.257 e. The predicted octanol–water partition coefficient (Wildman–Crippen LogP) is 3.77. The third kappa shape index (κ3) is 5.37. The molecule has 1 amide bonds. The number of nitrogens with zero attached hydrogens (tertiary/aromatic N) is 2. The fourth-order valence-corrected chi connectivity index (χ4v) is 2.43. The minimum Gasteiger partial charge on any atom is -0.494 e. The monoisotopic (exact) mass is 369 g/mol. The van der Waals surface area contributed by atoms with E-state index >= 15 is 0 Å². The van der Waals surface area contributed by atoms with Gasteiger partial charge in [-0.15, -0.1) is 0 Å². The van der Waals surface area contributed by atoms with Gasteiger partial charge in [-0.1, -0.05) is 5.16 Å². The summed E-state index contributed by atoms with van der Waals surface area (Å²) in [7, 11) is 0. The van der Waals surface area contributed by atoms with E-state index in [1.54, 1.807) is 43.3 Å². The molecule has 0 aliphatic carbocycles. The second kappa shape index (κ2) is 8.93. The standard InChI is InChI=1S/C20H20FN3O3/c1-14-23-20(27-24-14)16-6-4-15(5-7-16)19(25)22-12-2-3-13-26-18-10-8-17(21)9-11-18/h4-11H,2-3,12-13H2,1H3,(H,22,25). The summed E-state index contributed by atoms with van der Waals surface area (Å²) in [5.74, 6) is 1.21. The Bertz CT molecular complexity index is 876. The number of hydrogen-bond acceptors (Lipinski definition) is 5. The molecule has 140 valence electrons. The molecule has 0 saturated carbocycles. The first-order valence-electron chi connectivity index (χ1n) is 8.69. The SMILES string of the molecule is Cc1noc(-c2ccc(C(=O)NCCCCOc3ccc(F)cc3)cc2)n1. The number of nitrogens with one attached hydrogen (secondary N) is 1. The van der Waals surface area contributed by atoms with E-state index in [1.165, 1.54) is 12.1 Å². The summed E-state index contributed by atoms with van der Waals surface area (Å²) in [5, 5.41) is 6.62. The van der Waals surface area contributed by atoms with Gasteiger partial charge in [-0.05, 0) is 68.3 Å². The van der Waals surface area contributed by atoms with E-state index in [1.807, 2.05) is 0 Å². The lowest BCUT2D eigenvalue weighted by Gasteiger charge is -2.07. The van der Waals surface area contributed by atoms with Crippen molar-refractivity contribution in [3.05, 3.63) is 65.7 Å². The molecule has 0 aliphatic heterocycles. The predicted molar refractivity (Wildman–Crippen MR) is 97.9 cm³/mol. The zero-order valence-corrected chi connectivity index (χ0v) is 14.9. The van der Waals surface area contributed by atoms with Crippen molar-refractivity contribution in [2.75, 3.05) is 13.2 Å². The van der Waals surface area contributed by atoms with Crippen molar-refractivity contribution in [3.63, 3.8) is 0 Å². The lowest BCUT2D eigenvalue weighted by molar-refractivity contribution is 0.0952. The Hall–Kier alpha value is -3.22. The van der Waals surface area contributed by atoms with Crippen molar-refractivity contribution in [1.29, 1.82) is 0 Å². The van der Waals surface area contributed by atoms with E-state index < -0.39 is 0 Å². The minimum absolute atomic E-state index is 0.136. The molecule has 2 aromatic carbocycles. The minimum atomic E-state index is -0.287. The lowest BCUT2D eigenvalue weighted by atomic mass is 10.1. The van der Waals surface area contributed by atoms with Crippen molar-refractivity contribution < 1.29 is 18.4 Å². The molecule has 3 rings (SSSR count). The topological polar surface area (TPSA) is 77.2 Å². The number of rotatable bonds is 8. The van der Waals surface area contributed by atoms with Gasteiger partial charge >= 0.3 is 0 Å². The van der Waals surface area contributed by atoms with E-state index in [9.17, 15) is 9.18 Å². The van der Waals surface area contributed by atoms with Gasteiger partial charge in [-0.25, -0.2) is 4.39 Å². The van der Waals surface area contributed by atoms with E-state index in [0.717, 1.165) is 18.4 Å². The van der Waals surface area contributed by atoms with E-state index in [-0.39, 0.29) is 11.7 Å². The van der Waals surface area contributed by atoms with Gasteiger partial charge in [0.15, 0.2) is 5.82 Å². The van der Waals surface area contributed by atoms with Crippen LogP contribution in [0.1, 0.15) is 29.0 Å². The van der Waals surface area contributed by atoms with E-state index in [0.29, 0.717) is 36.2 Å². The fraction of sp³-hybridized carbons (Fsp3) is 0.250. The van der Waals surface area contributed by atoms with Crippen LogP contribution in [0, 0.1) is 12.7 Å². The van der Waals surface area contributed by atoms with Gasteiger partial charge < -0.3 is 14.6 Å². The Morgan fingerprint density at radius 3 is 2.52 bits per heavy atom. The van der Waals surface area contributed by atoms with E-state index in [2.05, 4.69) is 15.5 Å². The highest BCUT2D eigenvalue weighted by Crippen LogP contribution is 2.17. The van der Waals surface area contributed by atoms with Gasteiger partial charge in [0.25, 0.3) is 11.8 Å². The zero-order chi connectivity index (χ0) is 19.1. The average Bonchev–Trinajstić information content (AvgIpc) is 3.12. The normalized spacial score (nSPS) is 10.6. The Labute approximate surface area is 156 Å². The molecule has 1 heterocycles. The highest BCUT2D eigenvalue weighted by Gasteiger charge is 2.09. The highest BCUT2D eigenvalue weighted by molar-refractivity contribution is 5.94. The van der Waals surface area contributed by atoms with Crippen LogP contribution in [0.2, 0.25) is 0 Å². The van der Waals surface area contributed by atoms with Crippen LogP contribution in [-0.2, 0) is 0 Å². The fourth-order valence-electron chi connectivity index (χ4n) is 2.43. The van der Waals surface area contributed by atoms with Crippen molar-refractivity contribution >= 4 is 5.91 Å².